The Balaban J connectivity index is 1.44. The maximum atomic E-state index is 13.8. The molecule has 2 heterocycles. The summed E-state index contributed by atoms with van der Waals surface area (Å²) in [4.78, 5) is 36.6. The predicted octanol–water partition coefficient (Wildman–Crippen LogP) is 6.36. The second kappa shape index (κ2) is 11.0. The molecule has 2 aromatic heterocycles. The van der Waals surface area contributed by atoms with Gasteiger partial charge in [0.1, 0.15) is 0 Å². The molecule has 0 saturated heterocycles. The van der Waals surface area contributed by atoms with Crippen LogP contribution in [-0.4, -0.2) is 40.1 Å². The first-order valence-electron chi connectivity index (χ1n) is 13.1. The molecule has 2 aliphatic carbocycles. The standard InChI is InChI=1S/C29H33N3O4S/c1-18-13-21(16-30-27(18)36-2)23-9-5-6-10-24(23)25-17-37-29(31-25)32(22-11-12-22)28(35)20(15-26(33)34)14-19-7-3-4-8-19/h5-6,9-10,13,16-17,19-20,22H,3-4,7-8,11-12,14-15H2,1-2H3,(H,33,34)/t20-/m1/s1. The van der Waals surface area contributed by atoms with Crippen LogP contribution in [0.1, 0.15) is 56.9 Å². The van der Waals surface area contributed by atoms with Crippen LogP contribution in [0.5, 0.6) is 5.88 Å². The molecule has 3 aromatic rings. The highest BCUT2D eigenvalue weighted by molar-refractivity contribution is 7.14. The van der Waals surface area contributed by atoms with Crippen molar-refractivity contribution in [3.05, 3.63) is 47.5 Å². The molecule has 37 heavy (non-hydrogen) atoms. The van der Waals surface area contributed by atoms with Crippen molar-refractivity contribution in [2.24, 2.45) is 11.8 Å². The number of anilines is 1. The van der Waals surface area contributed by atoms with E-state index in [9.17, 15) is 14.7 Å². The monoisotopic (exact) mass is 519 g/mol. The van der Waals surface area contributed by atoms with Crippen molar-refractivity contribution in [1.82, 2.24) is 9.97 Å². The lowest BCUT2D eigenvalue weighted by molar-refractivity contribution is -0.141. The normalized spacial score (nSPS) is 16.5. The van der Waals surface area contributed by atoms with Crippen molar-refractivity contribution < 1.29 is 19.4 Å². The van der Waals surface area contributed by atoms with E-state index in [2.05, 4.69) is 11.1 Å². The SMILES string of the molecule is COc1ncc(-c2ccccc2-c2csc(N(C(=O)[C@@H](CC(=O)O)CC3CCCC3)C3CC3)n2)cc1C. The number of nitrogens with zero attached hydrogens (tertiary/aromatic N) is 3. The number of methoxy groups -OCH3 is 1. The quantitative estimate of drug-likeness (QED) is 0.335. The number of thiazole rings is 1. The number of aryl methyl sites for hydroxylation is 1. The van der Waals surface area contributed by atoms with Gasteiger partial charge in [-0.05, 0) is 43.7 Å². The van der Waals surface area contributed by atoms with Crippen LogP contribution < -0.4 is 9.64 Å². The molecule has 0 bridgehead atoms. The molecule has 2 fully saturated rings. The number of pyridine rings is 1. The highest BCUT2D eigenvalue weighted by Gasteiger charge is 2.40. The maximum Gasteiger partial charge on any atom is 0.304 e. The highest BCUT2D eigenvalue weighted by Crippen LogP contribution is 2.40. The smallest absolute Gasteiger partial charge is 0.304 e. The minimum atomic E-state index is -0.913. The number of hydrogen-bond acceptors (Lipinski definition) is 6. The van der Waals surface area contributed by atoms with E-state index in [1.807, 2.05) is 36.6 Å². The fourth-order valence-electron chi connectivity index (χ4n) is 5.47. The lowest BCUT2D eigenvalue weighted by Crippen LogP contribution is -2.39. The van der Waals surface area contributed by atoms with Crippen LogP contribution in [0.3, 0.4) is 0 Å². The van der Waals surface area contributed by atoms with Gasteiger partial charge in [0.05, 0.1) is 19.2 Å². The maximum absolute atomic E-state index is 13.8. The number of hydrogen-bond donors (Lipinski definition) is 1. The van der Waals surface area contributed by atoms with Gasteiger partial charge in [-0.3, -0.25) is 14.5 Å². The molecular formula is C29H33N3O4S. The van der Waals surface area contributed by atoms with E-state index in [0.29, 0.717) is 23.4 Å². The molecule has 2 aliphatic rings. The second-order valence-corrected chi connectivity index (χ2v) is 11.1. The molecule has 0 spiro atoms. The molecule has 1 N–H and O–H groups in total. The minimum absolute atomic E-state index is 0.0824. The van der Waals surface area contributed by atoms with Gasteiger partial charge in [-0.1, -0.05) is 49.9 Å². The average Bonchev–Trinajstić information content (AvgIpc) is 3.36. The van der Waals surface area contributed by atoms with Gasteiger partial charge in [0.2, 0.25) is 11.8 Å². The summed E-state index contributed by atoms with van der Waals surface area (Å²) in [5, 5.41) is 12.2. The Morgan fingerprint density at radius 3 is 2.54 bits per heavy atom. The summed E-state index contributed by atoms with van der Waals surface area (Å²) in [5.41, 5.74) is 4.69. The third-order valence-corrected chi connectivity index (χ3v) is 8.29. The van der Waals surface area contributed by atoms with Gasteiger partial charge in [0, 0.05) is 40.2 Å². The summed E-state index contributed by atoms with van der Waals surface area (Å²) < 4.78 is 5.32. The fourth-order valence-corrected chi connectivity index (χ4v) is 6.37. The first-order chi connectivity index (χ1) is 17.9. The van der Waals surface area contributed by atoms with Gasteiger partial charge in [0.15, 0.2) is 5.13 Å². The van der Waals surface area contributed by atoms with Gasteiger partial charge in [-0.15, -0.1) is 11.3 Å². The number of aromatic nitrogens is 2. The van der Waals surface area contributed by atoms with E-state index < -0.39 is 11.9 Å². The summed E-state index contributed by atoms with van der Waals surface area (Å²) in [6.07, 6.45) is 8.71. The minimum Gasteiger partial charge on any atom is -0.481 e. The summed E-state index contributed by atoms with van der Waals surface area (Å²) in [5.74, 6) is -0.460. The van der Waals surface area contributed by atoms with Gasteiger partial charge in [0.25, 0.3) is 0 Å². The van der Waals surface area contributed by atoms with Crippen LogP contribution in [0.4, 0.5) is 5.13 Å². The Bertz CT molecular complexity index is 1280. The van der Waals surface area contributed by atoms with Crippen LogP contribution in [0.25, 0.3) is 22.4 Å². The molecule has 194 valence electrons. The molecule has 0 aliphatic heterocycles. The number of amides is 1. The Morgan fingerprint density at radius 2 is 1.89 bits per heavy atom. The molecular weight excluding hydrogens is 486 g/mol. The van der Waals surface area contributed by atoms with Crippen molar-refractivity contribution in [3.8, 4) is 28.3 Å². The first kappa shape index (κ1) is 25.4. The van der Waals surface area contributed by atoms with Gasteiger partial charge in [-0.25, -0.2) is 9.97 Å². The van der Waals surface area contributed by atoms with E-state index in [1.165, 1.54) is 24.2 Å². The van der Waals surface area contributed by atoms with Crippen LogP contribution >= 0.6 is 11.3 Å². The largest absolute Gasteiger partial charge is 0.481 e. The molecule has 7 nitrogen and oxygen atoms in total. The Hall–Kier alpha value is -3.26. The van der Waals surface area contributed by atoms with Gasteiger partial charge >= 0.3 is 5.97 Å². The number of carbonyl (C=O) groups is 2. The molecule has 0 radical (unpaired) electrons. The zero-order valence-electron chi connectivity index (χ0n) is 21.4. The van der Waals surface area contributed by atoms with E-state index in [4.69, 9.17) is 9.72 Å². The number of rotatable bonds is 10. The van der Waals surface area contributed by atoms with Crippen molar-refractivity contribution in [2.45, 2.75) is 64.3 Å². The highest BCUT2D eigenvalue weighted by atomic mass is 32.1. The van der Waals surface area contributed by atoms with Crippen molar-refractivity contribution >= 4 is 28.3 Å². The number of carboxylic acid groups (broad SMARTS) is 1. The number of ether oxygens (including phenoxy) is 1. The molecule has 1 aromatic carbocycles. The number of aliphatic carboxylic acids is 1. The predicted molar refractivity (Wildman–Crippen MR) is 145 cm³/mol. The molecule has 5 rings (SSSR count). The fraction of sp³-hybridized carbons (Fsp3) is 0.448. The summed E-state index contributed by atoms with van der Waals surface area (Å²) >= 11 is 1.45. The van der Waals surface area contributed by atoms with Crippen LogP contribution in [0.2, 0.25) is 0 Å². The Morgan fingerprint density at radius 1 is 1.16 bits per heavy atom. The van der Waals surface area contributed by atoms with Crippen LogP contribution in [0, 0.1) is 18.8 Å². The lowest BCUT2D eigenvalue weighted by atomic mass is 9.90. The molecule has 8 heteroatoms. The third-order valence-electron chi connectivity index (χ3n) is 7.45. The topological polar surface area (TPSA) is 92.6 Å². The third kappa shape index (κ3) is 5.69. The Kier molecular flexibility index (Phi) is 7.55. The number of carboxylic acids is 1. The molecule has 1 amide bonds. The lowest BCUT2D eigenvalue weighted by Gasteiger charge is -2.26. The van der Waals surface area contributed by atoms with E-state index in [0.717, 1.165) is 53.6 Å². The molecule has 1 atom stereocenters. The molecule has 2 saturated carbocycles. The average molecular weight is 520 g/mol. The zero-order chi connectivity index (χ0) is 25.9. The van der Waals surface area contributed by atoms with E-state index in [1.54, 1.807) is 18.2 Å². The van der Waals surface area contributed by atoms with Crippen molar-refractivity contribution in [3.63, 3.8) is 0 Å². The Labute approximate surface area is 221 Å². The van der Waals surface area contributed by atoms with Crippen LogP contribution in [-0.2, 0) is 9.59 Å². The second-order valence-electron chi connectivity index (χ2n) is 10.2. The van der Waals surface area contributed by atoms with Gasteiger partial charge < -0.3 is 9.84 Å². The summed E-state index contributed by atoms with van der Waals surface area (Å²) in [6, 6.07) is 10.2. The van der Waals surface area contributed by atoms with Crippen molar-refractivity contribution in [1.29, 1.82) is 0 Å². The summed E-state index contributed by atoms with van der Waals surface area (Å²) in [7, 11) is 1.61. The number of carbonyl (C=O) groups excluding carboxylic acids is 1. The van der Waals surface area contributed by atoms with E-state index in [-0.39, 0.29) is 18.4 Å². The van der Waals surface area contributed by atoms with Crippen molar-refractivity contribution in [2.75, 3.05) is 12.0 Å². The van der Waals surface area contributed by atoms with Gasteiger partial charge in [-0.2, -0.15) is 0 Å². The van der Waals surface area contributed by atoms with E-state index >= 15 is 0 Å². The van der Waals surface area contributed by atoms with Crippen LogP contribution in [0.15, 0.2) is 41.9 Å². The number of benzene rings is 1. The summed E-state index contributed by atoms with van der Waals surface area (Å²) in [6.45, 7) is 1.97. The molecule has 0 unspecified atom stereocenters. The first-order valence-corrected chi connectivity index (χ1v) is 13.9. The zero-order valence-corrected chi connectivity index (χ0v) is 22.2.